The molecule has 1 fully saturated rings. The highest BCUT2D eigenvalue weighted by Gasteiger charge is 2.32. The van der Waals surface area contributed by atoms with Gasteiger partial charge in [0.2, 0.25) is 11.7 Å². The third-order valence-electron chi connectivity index (χ3n) is 3.92. The van der Waals surface area contributed by atoms with Crippen LogP contribution in [0.4, 0.5) is 0 Å². The Morgan fingerprint density at radius 3 is 2.73 bits per heavy atom. The minimum absolute atomic E-state index is 0.335. The fourth-order valence-electron chi connectivity index (χ4n) is 2.71. The molecule has 0 N–H and O–H groups in total. The molecule has 0 bridgehead atoms. The number of benzene rings is 1. The second-order valence-corrected chi connectivity index (χ2v) is 5.57. The van der Waals surface area contributed by atoms with E-state index < -0.39 is 0 Å². The minimum atomic E-state index is 0.335. The van der Waals surface area contributed by atoms with Crippen molar-refractivity contribution < 1.29 is 4.52 Å². The Morgan fingerprint density at radius 2 is 1.95 bits per heavy atom. The molecule has 3 heterocycles. The smallest absolute Gasteiger partial charge is 0.232 e. The van der Waals surface area contributed by atoms with Crippen LogP contribution in [-0.2, 0) is 6.54 Å². The number of likely N-dealkylation sites (tertiary alicyclic amines) is 1. The number of rotatable bonds is 4. The lowest BCUT2D eigenvalue weighted by molar-refractivity contribution is 0.117. The van der Waals surface area contributed by atoms with Crippen molar-refractivity contribution in [2.24, 2.45) is 0 Å². The van der Waals surface area contributed by atoms with Crippen molar-refractivity contribution in [2.45, 2.75) is 12.5 Å². The van der Waals surface area contributed by atoms with Crippen LogP contribution in [0.2, 0.25) is 0 Å². The molecule has 5 nitrogen and oxygen atoms in total. The lowest BCUT2D eigenvalue weighted by atomic mass is 9.99. The zero-order chi connectivity index (χ0) is 14.8. The number of pyridine rings is 1. The van der Waals surface area contributed by atoms with Gasteiger partial charge in [-0.05, 0) is 17.7 Å². The molecule has 22 heavy (non-hydrogen) atoms. The number of aromatic nitrogens is 3. The van der Waals surface area contributed by atoms with Crippen molar-refractivity contribution in [3.63, 3.8) is 0 Å². The highest BCUT2D eigenvalue weighted by atomic mass is 16.5. The lowest BCUT2D eigenvalue weighted by Gasteiger charge is -2.37. The number of hydrogen-bond donors (Lipinski definition) is 0. The fourth-order valence-corrected chi connectivity index (χ4v) is 2.71. The second kappa shape index (κ2) is 5.69. The highest BCUT2D eigenvalue weighted by Crippen LogP contribution is 2.28. The van der Waals surface area contributed by atoms with Gasteiger partial charge in [-0.2, -0.15) is 4.98 Å². The number of nitrogens with zero attached hydrogens (tertiary/aromatic N) is 4. The van der Waals surface area contributed by atoms with Crippen LogP contribution in [0.25, 0.3) is 11.4 Å². The summed E-state index contributed by atoms with van der Waals surface area (Å²) in [6.45, 7) is 2.90. The van der Waals surface area contributed by atoms with Crippen molar-refractivity contribution in [1.29, 1.82) is 0 Å². The largest absolute Gasteiger partial charge is 0.339 e. The maximum atomic E-state index is 5.41. The summed E-state index contributed by atoms with van der Waals surface area (Å²) in [5.41, 5.74) is 2.22. The summed E-state index contributed by atoms with van der Waals surface area (Å²) in [4.78, 5) is 11.0. The molecule has 5 heteroatoms. The SMILES string of the molecule is c1ccc(CN2CC(c3nc(-c4cccnc4)no3)C2)cc1. The monoisotopic (exact) mass is 292 g/mol. The van der Waals surface area contributed by atoms with Crippen molar-refractivity contribution >= 4 is 0 Å². The van der Waals surface area contributed by atoms with Crippen LogP contribution in [0.1, 0.15) is 17.4 Å². The molecule has 0 atom stereocenters. The summed E-state index contributed by atoms with van der Waals surface area (Å²) < 4.78 is 5.41. The van der Waals surface area contributed by atoms with Gasteiger partial charge in [-0.25, -0.2) is 0 Å². The van der Waals surface area contributed by atoms with Gasteiger partial charge in [0.05, 0.1) is 5.92 Å². The Bertz CT molecular complexity index is 736. The van der Waals surface area contributed by atoms with Gasteiger partial charge in [-0.1, -0.05) is 35.5 Å². The fraction of sp³-hybridized carbons (Fsp3) is 0.235. The molecule has 0 unspecified atom stereocenters. The Balaban J connectivity index is 1.38. The average molecular weight is 292 g/mol. The first kappa shape index (κ1) is 13.2. The van der Waals surface area contributed by atoms with Gasteiger partial charge in [-0.15, -0.1) is 0 Å². The molecular formula is C17H16N4O. The third kappa shape index (κ3) is 2.63. The predicted molar refractivity (Wildman–Crippen MR) is 82.0 cm³/mol. The maximum Gasteiger partial charge on any atom is 0.232 e. The van der Waals surface area contributed by atoms with Crippen LogP contribution in [0, 0.1) is 0 Å². The van der Waals surface area contributed by atoms with Crippen LogP contribution in [0.3, 0.4) is 0 Å². The zero-order valence-corrected chi connectivity index (χ0v) is 12.1. The van der Waals surface area contributed by atoms with E-state index in [0.717, 1.165) is 31.1 Å². The van der Waals surface area contributed by atoms with Crippen molar-refractivity contribution in [1.82, 2.24) is 20.0 Å². The molecule has 0 saturated carbocycles. The van der Waals surface area contributed by atoms with E-state index in [2.05, 4.69) is 44.3 Å². The Kier molecular flexibility index (Phi) is 3.40. The van der Waals surface area contributed by atoms with Crippen LogP contribution in [0.15, 0.2) is 59.4 Å². The van der Waals surface area contributed by atoms with Crippen LogP contribution < -0.4 is 0 Å². The maximum absolute atomic E-state index is 5.41. The molecule has 1 aliphatic heterocycles. The summed E-state index contributed by atoms with van der Waals surface area (Å²) in [6, 6.07) is 14.3. The van der Waals surface area contributed by atoms with Gasteiger partial charge in [0, 0.05) is 37.6 Å². The lowest BCUT2D eigenvalue weighted by Crippen LogP contribution is -2.44. The van der Waals surface area contributed by atoms with Gasteiger partial charge >= 0.3 is 0 Å². The second-order valence-electron chi connectivity index (χ2n) is 5.57. The number of hydrogen-bond acceptors (Lipinski definition) is 5. The van der Waals surface area contributed by atoms with Crippen molar-refractivity contribution in [2.75, 3.05) is 13.1 Å². The van der Waals surface area contributed by atoms with Gasteiger partial charge in [0.1, 0.15) is 0 Å². The van der Waals surface area contributed by atoms with E-state index >= 15 is 0 Å². The Labute approximate surface area is 128 Å². The first-order chi connectivity index (χ1) is 10.9. The van der Waals surface area contributed by atoms with E-state index in [4.69, 9.17) is 4.52 Å². The van der Waals surface area contributed by atoms with E-state index in [1.807, 2.05) is 18.2 Å². The van der Waals surface area contributed by atoms with E-state index in [0.29, 0.717) is 11.7 Å². The molecule has 1 saturated heterocycles. The van der Waals surface area contributed by atoms with E-state index in [1.165, 1.54) is 5.56 Å². The molecule has 0 spiro atoms. The van der Waals surface area contributed by atoms with Crippen molar-refractivity contribution in [3.8, 4) is 11.4 Å². The van der Waals surface area contributed by atoms with Crippen LogP contribution in [0.5, 0.6) is 0 Å². The normalized spacial score (nSPS) is 15.6. The molecule has 4 rings (SSSR count). The molecule has 1 aliphatic rings. The summed E-state index contributed by atoms with van der Waals surface area (Å²) >= 11 is 0. The van der Waals surface area contributed by atoms with Crippen LogP contribution in [-0.4, -0.2) is 33.1 Å². The topological polar surface area (TPSA) is 55.1 Å². The summed E-state index contributed by atoms with van der Waals surface area (Å²) in [5, 5.41) is 4.05. The standard InChI is InChI=1S/C17H16N4O/c1-2-5-13(6-3-1)10-21-11-15(12-21)17-19-16(20-22-17)14-7-4-8-18-9-14/h1-9,15H,10-12H2. The molecule has 0 aliphatic carbocycles. The first-order valence-corrected chi connectivity index (χ1v) is 7.39. The zero-order valence-electron chi connectivity index (χ0n) is 12.1. The van der Waals surface area contributed by atoms with Gasteiger partial charge < -0.3 is 4.52 Å². The van der Waals surface area contributed by atoms with E-state index in [1.54, 1.807) is 12.4 Å². The molecule has 2 aromatic heterocycles. The Hall–Kier alpha value is -2.53. The van der Waals surface area contributed by atoms with Gasteiger partial charge in [0.15, 0.2) is 0 Å². The Morgan fingerprint density at radius 1 is 1.09 bits per heavy atom. The van der Waals surface area contributed by atoms with Gasteiger partial charge in [-0.3, -0.25) is 9.88 Å². The average Bonchev–Trinajstić information content (AvgIpc) is 3.02. The minimum Gasteiger partial charge on any atom is -0.339 e. The van der Waals surface area contributed by atoms with Crippen LogP contribution >= 0.6 is 0 Å². The molecular weight excluding hydrogens is 276 g/mol. The predicted octanol–water partition coefficient (Wildman–Crippen LogP) is 2.73. The summed E-state index contributed by atoms with van der Waals surface area (Å²) in [5.74, 6) is 1.68. The van der Waals surface area contributed by atoms with E-state index in [9.17, 15) is 0 Å². The molecule has 3 aromatic rings. The molecule has 0 radical (unpaired) electrons. The van der Waals surface area contributed by atoms with Crippen molar-refractivity contribution in [3.05, 3.63) is 66.3 Å². The highest BCUT2D eigenvalue weighted by molar-refractivity contribution is 5.51. The molecule has 1 aromatic carbocycles. The van der Waals surface area contributed by atoms with E-state index in [-0.39, 0.29) is 0 Å². The summed E-state index contributed by atoms with van der Waals surface area (Å²) in [7, 11) is 0. The molecule has 110 valence electrons. The first-order valence-electron chi connectivity index (χ1n) is 7.39. The molecule has 0 amide bonds. The quantitative estimate of drug-likeness (QED) is 0.740. The third-order valence-corrected chi connectivity index (χ3v) is 3.92. The van der Waals surface area contributed by atoms with Gasteiger partial charge in [0.25, 0.3) is 0 Å². The summed E-state index contributed by atoms with van der Waals surface area (Å²) in [6.07, 6.45) is 3.48.